The summed E-state index contributed by atoms with van der Waals surface area (Å²) in [5.74, 6) is 0.956. The maximum absolute atomic E-state index is 12.7. The minimum Gasteiger partial charge on any atom is -0.359 e. The molecule has 3 rings (SSSR count). The van der Waals surface area contributed by atoms with Gasteiger partial charge in [0.1, 0.15) is 0 Å². The summed E-state index contributed by atoms with van der Waals surface area (Å²) in [6, 6.07) is 9.58. The van der Waals surface area contributed by atoms with E-state index in [1.54, 1.807) is 17.0 Å². The van der Waals surface area contributed by atoms with Gasteiger partial charge in [0.05, 0.1) is 6.54 Å². The number of amides is 2. The molecule has 1 aliphatic rings. The van der Waals surface area contributed by atoms with Crippen molar-refractivity contribution in [3.05, 3.63) is 65.6 Å². The SMILES string of the molecule is C=CCN(Cc1cc(C(=O)NCc2ccc(C)cc2)no1)C(=O)CCC1CCCC1. The molecular weight excluding hydrogens is 378 g/mol. The van der Waals surface area contributed by atoms with Gasteiger partial charge in [-0.05, 0) is 24.8 Å². The minimum atomic E-state index is -0.298. The van der Waals surface area contributed by atoms with Crippen LogP contribution in [0, 0.1) is 12.8 Å². The van der Waals surface area contributed by atoms with Gasteiger partial charge in [0.2, 0.25) is 5.91 Å². The topological polar surface area (TPSA) is 75.4 Å². The summed E-state index contributed by atoms with van der Waals surface area (Å²) in [6.45, 7) is 6.92. The number of carbonyl (C=O) groups excluding carboxylic acids is 2. The van der Waals surface area contributed by atoms with Gasteiger partial charge in [-0.3, -0.25) is 9.59 Å². The summed E-state index contributed by atoms with van der Waals surface area (Å²) < 4.78 is 5.32. The lowest BCUT2D eigenvalue weighted by Gasteiger charge is -2.20. The molecule has 0 radical (unpaired) electrons. The third kappa shape index (κ3) is 6.31. The number of aryl methyl sites for hydroxylation is 1. The molecule has 0 aliphatic heterocycles. The van der Waals surface area contributed by atoms with Gasteiger partial charge in [-0.25, -0.2) is 0 Å². The summed E-state index contributed by atoms with van der Waals surface area (Å²) >= 11 is 0. The van der Waals surface area contributed by atoms with E-state index in [9.17, 15) is 9.59 Å². The lowest BCUT2D eigenvalue weighted by atomic mass is 10.0. The van der Waals surface area contributed by atoms with Crippen LogP contribution in [0.3, 0.4) is 0 Å². The molecule has 1 aliphatic carbocycles. The first-order chi connectivity index (χ1) is 14.5. The monoisotopic (exact) mass is 409 g/mol. The number of benzene rings is 1. The molecule has 30 heavy (non-hydrogen) atoms. The molecule has 0 atom stereocenters. The van der Waals surface area contributed by atoms with Crippen LogP contribution in [0.4, 0.5) is 0 Å². The molecular formula is C24H31N3O3. The molecule has 2 amide bonds. The molecule has 1 aromatic heterocycles. The largest absolute Gasteiger partial charge is 0.359 e. The number of rotatable bonds is 10. The van der Waals surface area contributed by atoms with Gasteiger partial charge in [0.15, 0.2) is 11.5 Å². The van der Waals surface area contributed by atoms with Gasteiger partial charge >= 0.3 is 0 Å². The van der Waals surface area contributed by atoms with E-state index in [2.05, 4.69) is 17.1 Å². The molecule has 0 saturated heterocycles. The zero-order valence-corrected chi connectivity index (χ0v) is 17.7. The molecule has 1 saturated carbocycles. The highest BCUT2D eigenvalue weighted by atomic mass is 16.5. The highest BCUT2D eigenvalue weighted by Crippen LogP contribution is 2.28. The molecule has 1 fully saturated rings. The van der Waals surface area contributed by atoms with E-state index in [0.717, 1.165) is 12.0 Å². The van der Waals surface area contributed by atoms with Gasteiger partial charge in [-0.2, -0.15) is 0 Å². The maximum atomic E-state index is 12.7. The Hall–Kier alpha value is -2.89. The predicted octanol–water partition coefficient (Wildman–Crippen LogP) is 4.40. The Kier molecular flexibility index (Phi) is 7.82. The highest BCUT2D eigenvalue weighted by molar-refractivity contribution is 5.92. The Bertz CT molecular complexity index is 851. The van der Waals surface area contributed by atoms with Crippen molar-refractivity contribution >= 4 is 11.8 Å². The van der Waals surface area contributed by atoms with Crippen LogP contribution in [-0.2, 0) is 17.9 Å². The van der Waals surface area contributed by atoms with Gasteiger partial charge in [0, 0.05) is 25.6 Å². The summed E-state index contributed by atoms with van der Waals surface area (Å²) in [6.07, 6.45) is 8.21. The molecule has 2 aromatic rings. The Morgan fingerprint density at radius 1 is 1.27 bits per heavy atom. The second-order valence-corrected chi connectivity index (χ2v) is 8.10. The van der Waals surface area contributed by atoms with Crippen LogP contribution >= 0.6 is 0 Å². The second-order valence-electron chi connectivity index (χ2n) is 8.10. The summed E-state index contributed by atoms with van der Waals surface area (Å²) in [5.41, 5.74) is 2.41. The average Bonchev–Trinajstić information content (AvgIpc) is 3.43. The predicted molar refractivity (Wildman–Crippen MR) is 116 cm³/mol. The molecule has 6 heteroatoms. The van der Waals surface area contributed by atoms with Crippen LogP contribution in [0.2, 0.25) is 0 Å². The zero-order chi connectivity index (χ0) is 21.3. The Balaban J connectivity index is 1.52. The Morgan fingerprint density at radius 3 is 2.70 bits per heavy atom. The number of aromatic nitrogens is 1. The van der Waals surface area contributed by atoms with E-state index in [0.29, 0.717) is 31.2 Å². The number of hydrogen-bond donors (Lipinski definition) is 1. The first-order valence-corrected chi connectivity index (χ1v) is 10.7. The Morgan fingerprint density at radius 2 is 2.00 bits per heavy atom. The van der Waals surface area contributed by atoms with E-state index in [4.69, 9.17) is 4.52 Å². The third-order valence-electron chi connectivity index (χ3n) is 5.66. The van der Waals surface area contributed by atoms with Crippen molar-refractivity contribution in [2.45, 2.75) is 58.5 Å². The number of carbonyl (C=O) groups is 2. The lowest BCUT2D eigenvalue weighted by molar-refractivity contribution is -0.131. The van der Waals surface area contributed by atoms with Crippen molar-refractivity contribution in [2.24, 2.45) is 5.92 Å². The average molecular weight is 410 g/mol. The van der Waals surface area contributed by atoms with Gasteiger partial charge < -0.3 is 14.7 Å². The van der Waals surface area contributed by atoms with Crippen molar-refractivity contribution in [3.8, 4) is 0 Å². The van der Waals surface area contributed by atoms with E-state index in [1.165, 1.54) is 31.2 Å². The van der Waals surface area contributed by atoms with Crippen LogP contribution in [0.5, 0.6) is 0 Å². The molecule has 0 unspecified atom stereocenters. The van der Waals surface area contributed by atoms with Crippen LogP contribution in [0.15, 0.2) is 47.5 Å². The van der Waals surface area contributed by atoms with Crippen LogP contribution in [0.25, 0.3) is 0 Å². The quantitative estimate of drug-likeness (QED) is 0.590. The smallest absolute Gasteiger partial charge is 0.273 e. The molecule has 6 nitrogen and oxygen atoms in total. The van der Waals surface area contributed by atoms with Gasteiger partial charge in [-0.1, -0.05) is 66.7 Å². The van der Waals surface area contributed by atoms with E-state index in [-0.39, 0.29) is 24.1 Å². The van der Waals surface area contributed by atoms with Crippen molar-refractivity contribution in [1.82, 2.24) is 15.4 Å². The van der Waals surface area contributed by atoms with Gasteiger partial charge in [-0.15, -0.1) is 6.58 Å². The van der Waals surface area contributed by atoms with E-state index >= 15 is 0 Å². The summed E-state index contributed by atoms with van der Waals surface area (Å²) in [5, 5.41) is 6.72. The third-order valence-corrected chi connectivity index (χ3v) is 5.66. The second kappa shape index (κ2) is 10.8. The lowest BCUT2D eigenvalue weighted by Crippen LogP contribution is -2.30. The molecule has 1 N–H and O–H groups in total. The molecule has 160 valence electrons. The van der Waals surface area contributed by atoms with E-state index in [1.807, 2.05) is 31.2 Å². The van der Waals surface area contributed by atoms with Crippen molar-refractivity contribution in [2.75, 3.05) is 6.54 Å². The molecule has 0 bridgehead atoms. The number of nitrogens with zero attached hydrogens (tertiary/aromatic N) is 2. The fourth-order valence-electron chi connectivity index (χ4n) is 3.86. The standard InChI is InChI=1S/C24H31N3O3/c1-3-14-27(23(28)13-12-19-6-4-5-7-19)17-21-15-22(26-30-21)24(29)25-16-20-10-8-18(2)9-11-20/h3,8-11,15,19H,1,4-7,12-14,16-17H2,2H3,(H,25,29). The molecule has 1 aromatic carbocycles. The molecule has 1 heterocycles. The fraction of sp³-hybridized carbons (Fsp3) is 0.458. The number of nitrogens with one attached hydrogen (secondary N) is 1. The van der Waals surface area contributed by atoms with Crippen LogP contribution < -0.4 is 5.32 Å². The van der Waals surface area contributed by atoms with Gasteiger partial charge in [0.25, 0.3) is 5.91 Å². The van der Waals surface area contributed by atoms with Crippen molar-refractivity contribution in [1.29, 1.82) is 0 Å². The summed E-state index contributed by atoms with van der Waals surface area (Å²) in [7, 11) is 0. The normalized spacial score (nSPS) is 13.9. The van der Waals surface area contributed by atoms with Crippen LogP contribution in [-0.4, -0.2) is 28.4 Å². The van der Waals surface area contributed by atoms with E-state index < -0.39 is 0 Å². The fourth-order valence-corrected chi connectivity index (χ4v) is 3.86. The zero-order valence-electron chi connectivity index (χ0n) is 17.7. The minimum absolute atomic E-state index is 0.0866. The highest BCUT2D eigenvalue weighted by Gasteiger charge is 2.21. The first-order valence-electron chi connectivity index (χ1n) is 10.7. The summed E-state index contributed by atoms with van der Waals surface area (Å²) in [4.78, 5) is 26.7. The van der Waals surface area contributed by atoms with Crippen molar-refractivity contribution < 1.29 is 14.1 Å². The van der Waals surface area contributed by atoms with Crippen molar-refractivity contribution in [3.63, 3.8) is 0 Å². The number of hydrogen-bond acceptors (Lipinski definition) is 4. The van der Waals surface area contributed by atoms with Crippen LogP contribution in [0.1, 0.15) is 65.9 Å². The first kappa shape index (κ1) is 21.8. The Labute approximate surface area is 178 Å². The maximum Gasteiger partial charge on any atom is 0.273 e. The molecule has 0 spiro atoms.